The molecule has 0 spiro atoms. The van der Waals surface area contributed by atoms with Gasteiger partial charge in [0.05, 0.1) is 10.5 Å². The predicted octanol–water partition coefficient (Wildman–Crippen LogP) is 1.27. The molecule has 2 unspecified atom stereocenters. The second-order valence-electron chi connectivity index (χ2n) is 6.44. The van der Waals surface area contributed by atoms with E-state index >= 15 is 0 Å². The summed E-state index contributed by atoms with van der Waals surface area (Å²) >= 11 is 0. The largest absolute Gasteiger partial charge is 0.313 e. The number of hydrogen-bond donors (Lipinski definition) is 1. The molecule has 1 saturated heterocycles. The summed E-state index contributed by atoms with van der Waals surface area (Å²) in [7, 11) is -0.852. The Hall–Kier alpha value is -0.130. The molecular formula is C13H28N2O2S. The van der Waals surface area contributed by atoms with E-state index in [-0.39, 0.29) is 5.75 Å². The summed E-state index contributed by atoms with van der Waals surface area (Å²) in [5.74, 6) is 0.233. The fourth-order valence-corrected chi connectivity index (χ4v) is 3.18. The molecule has 0 bridgehead atoms. The van der Waals surface area contributed by atoms with Gasteiger partial charge in [0.15, 0.2) is 9.84 Å². The lowest BCUT2D eigenvalue weighted by Gasteiger charge is -2.35. The summed E-state index contributed by atoms with van der Waals surface area (Å²) in [5.41, 5.74) is 0. The summed E-state index contributed by atoms with van der Waals surface area (Å²) in [4.78, 5) is 2.35. The highest BCUT2D eigenvalue weighted by atomic mass is 32.2. The van der Waals surface area contributed by atoms with Gasteiger partial charge in [0.1, 0.15) is 0 Å². The van der Waals surface area contributed by atoms with Crippen molar-refractivity contribution in [3.8, 4) is 0 Å². The average Bonchev–Trinajstić information content (AvgIpc) is 2.21. The van der Waals surface area contributed by atoms with Crippen molar-refractivity contribution < 1.29 is 8.42 Å². The van der Waals surface area contributed by atoms with Gasteiger partial charge in [-0.25, -0.2) is 8.42 Å². The molecule has 18 heavy (non-hydrogen) atoms. The standard InChI is InChI=1S/C13H28N2O2S/c1-11-10-12(6-8-15(11)5)14-7-9-18(16,17)13(2,3)4/h11-12,14H,6-10H2,1-5H3. The molecule has 0 aromatic heterocycles. The van der Waals surface area contributed by atoms with Crippen LogP contribution in [0.4, 0.5) is 0 Å². The van der Waals surface area contributed by atoms with Crippen molar-refractivity contribution >= 4 is 9.84 Å². The summed E-state index contributed by atoms with van der Waals surface area (Å²) in [6.07, 6.45) is 2.21. The van der Waals surface area contributed by atoms with E-state index < -0.39 is 14.6 Å². The molecule has 1 fully saturated rings. The fourth-order valence-electron chi connectivity index (χ4n) is 2.18. The van der Waals surface area contributed by atoms with Gasteiger partial charge in [0.25, 0.3) is 0 Å². The maximum Gasteiger partial charge on any atom is 0.156 e. The van der Waals surface area contributed by atoms with E-state index in [1.54, 1.807) is 20.8 Å². The predicted molar refractivity (Wildman–Crippen MR) is 76.7 cm³/mol. The highest BCUT2D eigenvalue weighted by molar-refractivity contribution is 7.92. The van der Waals surface area contributed by atoms with Crippen molar-refractivity contribution in [1.82, 2.24) is 10.2 Å². The van der Waals surface area contributed by atoms with Crippen LogP contribution in [0.15, 0.2) is 0 Å². The van der Waals surface area contributed by atoms with Crippen LogP contribution in [-0.2, 0) is 9.84 Å². The normalized spacial score (nSPS) is 27.4. The van der Waals surface area contributed by atoms with Crippen LogP contribution in [0.1, 0.15) is 40.5 Å². The molecule has 5 heteroatoms. The number of nitrogens with zero attached hydrogens (tertiary/aromatic N) is 1. The Kier molecular flexibility index (Phi) is 5.21. The first-order valence-electron chi connectivity index (χ1n) is 6.79. The number of likely N-dealkylation sites (tertiary alicyclic amines) is 1. The third kappa shape index (κ3) is 4.21. The topological polar surface area (TPSA) is 49.4 Å². The second kappa shape index (κ2) is 5.88. The molecule has 0 aromatic rings. The zero-order valence-corrected chi connectivity index (χ0v) is 13.2. The molecule has 1 heterocycles. The Morgan fingerprint density at radius 3 is 2.44 bits per heavy atom. The average molecular weight is 276 g/mol. The highest BCUT2D eigenvalue weighted by Gasteiger charge is 2.29. The smallest absolute Gasteiger partial charge is 0.156 e. The van der Waals surface area contributed by atoms with E-state index in [0.717, 1.165) is 19.4 Å². The van der Waals surface area contributed by atoms with Gasteiger partial charge >= 0.3 is 0 Å². The first kappa shape index (κ1) is 15.9. The molecule has 0 amide bonds. The van der Waals surface area contributed by atoms with Crippen molar-refractivity contribution in [1.29, 1.82) is 0 Å². The Labute approximate surface area is 112 Å². The van der Waals surface area contributed by atoms with Crippen molar-refractivity contribution in [2.75, 3.05) is 25.9 Å². The Morgan fingerprint density at radius 1 is 1.33 bits per heavy atom. The SMILES string of the molecule is CC1CC(NCCS(=O)(=O)C(C)(C)C)CCN1C. The molecule has 108 valence electrons. The van der Waals surface area contributed by atoms with Gasteiger partial charge in [0, 0.05) is 18.6 Å². The highest BCUT2D eigenvalue weighted by Crippen LogP contribution is 2.17. The number of piperidine rings is 1. The third-order valence-electron chi connectivity index (χ3n) is 3.95. The van der Waals surface area contributed by atoms with Crippen molar-refractivity contribution in [3.05, 3.63) is 0 Å². The molecule has 1 N–H and O–H groups in total. The van der Waals surface area contributed by atoms with Gasteiger partial charge in [-0.15, -0.1) is 0 Å². The molecular weight excluding hydrogens is 248 g/mol. The molecule has 2 atom stereocenters. The van der Waals surface area contributed by atoms with Gasteiger partial charge in [-0.05, 0) is 54.1 Å². The van der Waals surface area contributed by atoms with Crippen molar-refractivity contribution in [3.63, 3.8) is 0 Å². The number of hydrogen-bond acceptors (Lipinski definition) is 4. The van der Waals surface area contributed by atoms with Crippen molar-refractivity contribution in [2.24, 2.45) is 0 Å². The van der Waals surface area contributed by atoms with Crippen LogP contribution in [0.25, 0.3) is 0 Å². The van der Waals surface area contributed by atoms with Crippen LogP contribution in [-0.4, -0.2) is 56.0 Å². The second-order valence-corrected chi connectivity index (χ2v) is 9.30. The first-order chi connectivity index (χ1) is 8.13. The number of nitrogens with one attached hydrogen (secondary N) is 1. The van der Waals surface area contributed by atoms with E-state index in [0.29, 0.717) is 18.6 Å². The maximum atomic E-state index is 12.0. The van der Waals surface area contributed by atoms with Gasteiger partial charge in [-0.3, -0.25) is 0 Å². The summed E-state index contributed by atoms with van der Waals surface area (Å²) in [6, 6.07) is 1.04. The van der Waals surface area contributed by atoms with Crippen LogP contribution in [0.2, 0.25) is 0 Å². The van der Waals surface area contributed by atoms with Gasteiger partial charge in [0.2, 0.25) is 0 Å². The van der Waals surface area contributed by atoms with Crippen LogP contribution in [0, 0.1) is 0 Å². The summed E-state index contributed by atoms with van der Waals surface area (Å²) < 4.78 is 23.3. The van der Waals surface area contributed by atoms with E-state index in [4.69, 9.17) is 0 Å². The van der Waals surface area contributed by atoms with Gasteiger partial charge < -0.3 is 10.2 Å². The van der Waals surface area contributed by atoms with Gasteiger partial charge in [-0.1, -0.05) is 0 Å². The summed E-state index contributed by atoms with van der Waals surface area (Å²) in [5, 5.41) is 3.39. The van der Waals surface area contributed by atoms with Gasteiger partial charge in [-0.2, -0.15) is 0 Å². The lowest BCUT2D eigenvalue weighted by Crippen LogP contribution is -2.47. The molecule has 4 nitrogen and oxygen atoms in total. The van der Waals surface area contributed by atoms with E-state index in [1.165, 1.54) is 0 Å². The third-order valence-corrected chi connectivity index (χ3v) is 6.55. The minimum atomic E-state index is -3.00. The zero-order valence-electron chi connectivity index (χ0n) is 12.4. The zero-order chi connectivity index (χ0) is 14.0. The Balaban J connectivity index is 2.35. The van der Waals surface area contributed by atoms with Crippen LogP contribution >= 0.6 is 0 Å². The number of rotatable bonds is 4. The molecule has 0 aliphatic carbocycles. The minimum Gasteiger partial charge on any atom is -0.313 e. The molecule has 0 aromatic carbocycles. The molecule has 0 radical (unpaired) electrons. The lowest BCUT2D eigenvalue weighted by molar-refractivity contribution is 0.170. The summed E-state index contributed by atoms with van der Waals surface area (Å²) in [6.45, 7) is 9.17. The maximum absolute atomic E-state index is 12.0. The van der Waals surface area contributed by atoms with E-state index in [1.807, 2.05) is 0 Å². The molecule has 1 rings (SSSR count). The molecule has 1 aliphatic rings. The quantitative estimate of drug-likeness (QED) is 0.840. The lowest BCUT2D eigenvalue weighted by atomic mass is 9.99. The Morgan fingerprint density at radius 2 is 1.94 bits per heavy atom. The first-order valence-corrected chi connectivity index (χ1v) is 8.44. The molecule has 1 aliphatic heterocycles. The minimum absolute atomic E-state index is 0.233. The van der Waals surface area contributed by atoms with Crippen LogP contribution in [0.3, 0.4) is 0 Å². The van der Waals surface area contributed by atoms with Crippen LogP contribution < -0.4 is 5.32 Å². The van der Waals surface area contributed by atoms with E-state index in [2.05, 4.69) is 24.2 Å². The number of sulfone groups is 1. The Bertz CT molecular complexity index is 360. The van der Waals surface area contributed by atoms with Crippen molar-refractivity contribution in [2.45, 2.75) is 57.4 Å². The monoisotopic (exact) mass is 276 g/mol. The van der Waals surface area contributed by atoms with Crippen LogP contribution in [0.5, 0.6) is 0 Å². The molecule has 0 saturated carbocycles. The van der Waals surface area contributed by atoms with E-state index in [9.17, 15) is 8.42 Å². The fraction of sp³-hybridized carbons (Fsp3) is 1.00.